The van der Waals surface area contributed by atoms with E-state index in [0.717, 1.165) is 16.3 Å². The molecule has 2 aromatic rings. The van der Waals surface area contributed by atoms with Gasteiger partial charge < -0.3 is 13.9 Å². The van der Waals surface area contributed by atoms with Crippen LogP contribution in [-0.2, 0) is 9.53 Å². The van der Waals surface area contributed by atoms with Gasteiger partial charge in [-0.25, -0.2) is 4.98 Å². The standard InChI is InChI=1S/C12H14N2O3S/c1-16-9-7-11-13-4-5-14(11)8-10(9)18-6-3-12(15)17-2/h4-5,7-8H,3,6H2,1-2H3. The van der Waals surface area contributed by atoms with Crippen LogP contribution in [0.5, 0.6) is 5.75 Å². The molecule has 18 heavy (non-hydrogen) atoms. The lowest BCUT2D eigenvalue weighted by Gasteiger charge is -2.08. The Morgan fingerprint density at radius 2 is 2.33 bits per heavy atom. The van der Waals surface area contributed by atoms with E-state index in [-0.39, 0.29) is 5.97 Å². The number of ether oxygens (including phenoxy) is 2. The zero-order valence-corrected chi connectivity index (χ0v) is 11.1. The lowest BCUT2D eigenvalue weighted by molar-refractivity contribution is -0.140. The Labute approximate surface area is 109 Å². The average molecular weight is 266 g/mol. The summed E-state index contributed by atoms with van der Waals surface area (Å²) >= 11 is 1.56. The van der Waals surface area contributed by atoms with Crippen LogP contribution in [0.25, 0.3) is 5.65 Å². The molecule has 0 bridgehead atoms. The van der Waals surface area contributed by atoms with Crippen molar-refractivity contribution in [3.63, 3.8) is 0 Å². The van der Waals surface area contributed by atoms with Crippen molar-refractivity contribution in [3.8, 4) is 5.75 Å². The third-order valence-electron chi connectivity index (χ3n) is 2.47. The number of methoxy groups -OCH3 is 2. The SMILES string of the molecule is COC(=O)CCSc1cn2ccnc2cc1OC. The summed E-state index contributed by atoms with van der Waals surface area (Å²) in [7, 11) is 3.02. The Balaban J connectivity index is 2.12. The largest absolute Gasteiger partial charge is 0.495 e. The molecule has 0 aliphatic heterocycles. The van der Waals surface area contributed by atoms with Gasteiger partial charge >= 0.3 is 5.97 Å². The first-order chi connectivity index (χ1) is 8.74. The van der Waals surface area contributed by atoms with Crippen LogP contribution in [-0.4, -0.2) is 35.3 Å². The van der Waals surface area contributed by atoms with Crippen LogP contribution in [0.1, 0.15) is 6.42 Å². The molecule has 0 spiro atoms. The zero-order chi connectivity index (χ0) is 13.0. The van der Waals surface area contributed by atoms with Gasteiger partial charge in [-0.15, -0.1) is 11.8 Å². The fourth-order valence-electron chi connectivity index (χ4n) is 1.54. The molecule has 0 N–H and O–H groups in total. The first-order valence-electron chi connectivity index (χ1n) is 5.45. The van der Waals surface area contributed by atoms with Crippen molar-refractivity contribution < 1.29 is 14.3 Å². The highest BCUT2D eigenvalue weighted by molar-refractivity contribution is 7.99. The zero-order valence-electron chi connectivity index (χ0n) is 10.3. The van der Waals surface area contributed by atoms with Crippen molar-refractivity contribution in [2.24, 2.45) is 0 Å². The third-order valence-corrected chi connectivity index (χ3v) is 3.50. The number of fused-ring (bicyclic) bond motifs is 1. The van der Waals surface area contributed by atoms with Gasteiger partial charge in [0.1, 0.15) is 11.4 Å². The fourth-order valence-corrected chi connectivity index (χ4v) is 2.50. The molecule has 0 amide bonds. The Morgan fingerprint density at radius 3 is 3.06 bits per heavy atom. The number of nitrogens with zero attached hydrogens (tertiary/aromatic N) is 2. The monoisotopic (exact) mass is 266 g/mol. The topological polar surface area (TPSA) is 52.8 Å². The van der Waals surface area contributed by atoms with Crippen molar-refractivity contribution in [2.45, 2.75) is 11.3 Å². The lowest BCUT2D eigenvalue weighted by atomic mass is 10.4. The molecule has 0 fully saturated rings. The molecule has 0 aliphatic carbocycles. The predicted molar refractivity (Wildman–Crippen MR) is 69.1 cm³/mol. The van der Waals surface area contributed by atoms with Gasteiger partial charge in [-0.05, 0) is 0 Å². The van der Waals surface area contributed by atoms with Gasteiger partial charge in [-0.3, -0.25) is 4.79 Å². The highest BCUT2D eigenvalue weighted by Gasteiger charge is 2.08. The normalized spacial score (nSPS) is 10.6. The van der Waals surface area contributed by atoms with E-state index in [0.29, 0.717) is 12.2 Å². The number of hydrogen-bond acceptors (Lipinski definition) is 5. The number of esters is 1. The second kappa shape index (κ2) is 5.77. The van der Waals surface area contributed by atoms with Crippen LogP contribution >= 0.6 is 11.8 Å². The minimum absolute atomic E-state index is 0.204. The van der Waals surface area contributed by atoms with Crippen molar-refractivity contribution >= 4 is 23.4 Å². The summed E-state index contributed by atoms with van der Waals surface area (Å²) < 4.78 is 11.8. The van der Waals surface area contributed by atoms with Crippen LogP contribution in [0.3, 0.4) is 0 Å². The first kappa shape index (κ1) is 12.8. The maximum Gasteiger partial charge on any atom is 0.306 e. The summed E-state index contributed by atoms with van der Waals surface area (Å²) in [6.45, 7) is 0. The smallest absolute Gasteiger partial charge is 0.306 e. The molecule has 0 unspecified atom stereocenters. The van der Waals surface area contributed by atoms with E-state index in [1.54, 1.807) is 25.1 Å². The quantitative estimate of drug-likeness (QED) is 0.612. The number of hydrogen-bond donors (Lipinski definition) is 0. The summed E-state index contributed by atoms with van der Waals surface area (Å²) in [5.41, 5.74) is 0.837. The van der Waals surface area contributed by atoms with Crippen molar-refractivity contribution in [3.05, 3.63) is 24.7 Å². The third kappa shape index (κ3) is 2.76. The van der Waals surface area contributed by atoms with Crippen LogP contribution in [0.4, 0.5) is 0 Å². The molecule has 0 saturated carbocycles. The highest BCUT2D eigenvalue weighted by Crippen LogP contribution is 2.30. The molecule has 0 saturated heterocycles. The van der Waals surface area contributed by atoms with Crippen LogP contribution in [0.2, 0.25) is 0 Å². The maximum atomic E-state index is 11.0. The van der Waals surface area contributed by atoms with Gasteiger partial charge in [0.15, 0.2) is 0 Å². The predicted octanol–water partition coefficient (Wildman–Crippen LogP) is 2.00. The summed E-state index contributed by atoms with van der Waals surface area (Å²) in [6, 6.07) is 1.88. The number of carbonyl (C=O) groups excluding carboxylic acids is 1. The molecule has 96 valence electrons. The van der Waals surface area contributed by atoms with Crippen molar-refractivity contribution in [1.29, 1.82) is 0 Å². The number of thioether (sulfide) groups is 1. The Bertz CT molecular complexity index is 553. The summed E-state index contributed by atoms with van der Waals surface area (Å²) in [6.07, 6.45) is 5.94. The summed E-state index contributed by atoms with van der Waals surface area (Å²) in [5.74, 6) is 1.22. The van der Waals surface area contributed by atoms with Gasteiger partial charge in [0.25, 0.3) is 0 Å². The lowest BCUT2D eigenvalue weighted by Crippen LogP contribution is -2.01. The van der Waals surface area contributed by atoms with Crippen LogP contribution in [0, 0.1) is 0 Å². The molecule has 0 aliphatic rings. The highest BCUT2D eigenvalue weighted by atomic mass is 32.2. The second-order valence-electron chi connectivity index (χ2n) is 3.57. The van der Waals surface area contributed by atoms with E-state index in [4.69, 9.17) is 4.74 Å². The molecule has 2 rings (SSSR count). The van der Waals surface area contributed by atoms with E-state index in [2.05, 4.69) is 9.72 Å². The maximum absolute atomic E-state index is 11.0. The Kier molecular flexibility index (Phi) is 4.09. The summed E-state index contributed by atoms with van der Waals surface area (Å²) in [5, 5.41) is 0. The van der Waals surface area contributed by atoms with E-state index >= 15 is 0 Å². The van der Waals surface area contributed by atoms with Gasteiger partial charge in [0.2, 0.25) is 0 Å². The van der Waals surface area contributed by atoms with E-state index in [1.165, 1.54) is 7.11 Å². The van der Waals surface area contributed by atoms with E-state index in [1.807, 2.05) is 22.9 Å². The molecule has 5 nitrogen and oxygen atoms in total. The molecule has 0 atom stereocenters. The Morgan fingerprint density at radius 1 is 1.50 bits per heavy atom. The molecule has 2 aromatic heterocycles. The average Bonchev–Trinajstić information content (AvgIpc) is 2.84. The second-order valence-corrected chi connectivity index (χ2v) is 4.71. The molecule has 6 heteroatoms. The van der Waals surface area contributed by atoms with Gasteiger partial charge in [0, 0.05) is 30.4 Å². The van der Waals surface area contributed by atoms with Crippen molar-refractivity contribution in [1.82, 2.24) is 9.38 Å². The minimum Gasteiger partial charge on any atom is -0.495 e. The number of aromatic nitrogens is 2. The number of pyridine rings is 1. The first-order valence-corrected chi connectivity index (χ1v) is 6.43. The Hall–Kier alpha value is -1.69. The van der Waals surface area contributed by atoms with Gasteiger partial charge in [0.05, 0.1) is 25.5 Å². The molecular weight excluding hydrogens is 252 g/mol. The van der Waals surface area contributed by atoms with Crippen LogP contribution < -0.4 is 4.74 Å². The summed E-state index contributed by atoms with van der Waals surface area (Å²) in [4.78, 5) is 16.2. The van der Waals surface area contributed by atoms with E-state index in [9.17, 15) is 4.79 Å². The van der Waals surface area contributed by atoms with Gasteiger partial charge in [-0.2, -0.15) is 0 Å². The van der Waals surface area contributed by atoms with Crippen molar-refractivity contribution in [2.75, 3.05) is 20.0 Å². The number of carbonyl (C=O) groups is 1. The fraction of sp³-hybridized carbons (Fsp3) is 0.333. The number of imidazole rings is 1. The minimum atomic E-state index is -0.204. The number of rotatable bonds is 5. The molecular formula is C12H14N2O3S. The van der Waals surface area contributed by atoms with Gasteiger partial charge in [-0.1, -0.05) is 0 Å². The van der Waals surface area contributed by atoms with E-state index < -0.39 is 0 Å². The molecule has 2 heterocycles. The molecule has 0 aromatic carbocycles. The molecule has 0 radical (unpaired) electrons. The van der Waals surface area contributed by atoms with Crippen LogP contribution in [0.15, 0.2) is 29.6 Å².